The topological polar surface area (TPSA) is 58.6 Å². The Morgan fingerprint density at radius 1 is 1.00 bits per heavy atom. The van der Waals surface area contributed by atoms with E-state index < -0.39 is 17.7 Å². The van der Waals surface area contributed by atoms with Crippen LogP contribution in [-0.2, 0) is 11.0 Å². The van der Waals surface area contributed by atoms with Crippen LogP contribution in [0.15, 0.2) is 24.3 Å². The van der Waals surface area contributed by atoms with E-state index in [9.17, 15) is 18.0 Å². The number of nitrogens with one attached hydrogen (secondary N) is 1. The van der Waals surface area contributed by atoms with Crippen molar-refractivity contribution in [3.8, 4) is 5.75 Å². The molecular formula is C18H26F3NO3. The van der Waals surface area contributed by atoms with Crippen LogP contribution in [0.2, 0.25) is 0 Å². The molecule has 142 valence electrons. The molecule has 1 rings (SSSR count). The fraction of sp³-hybridized carbons (Fsp3) is 0.611. The second-order valence-corrected chi connectivity index (χ2v) is 5.86. The molecule has 1 aromatic carbocycles. The Balaban J connectivity index is 2.02. The van der Waals surface area contributed by atoms with Gasteiger partial charge in [-0.2, -0.15) is 13.2 Å². The first-order chi connectivity index (χ1) is 11.9. The van der Waals surface area contributed by atoms with Crippen LogP contribution < -0.4 is 10.1 Å². The van der Waals surface area contributed by atoms with Crippen LogP contribution >= 0.6 is 0 Å². The first kappa shape index (κ1) is 21.3. The number of carbonyl (C=O) groups is 1. The van der Waals surface area contributed by atoms with Crippen LogP contribution in [-0.4, -0.2) is 30.8 Å². The molecule has 0 aliphatic rings. The van der Waals surface area contributed by atoms with Gasteiger partial charge in [0.15, 0.2) is 0 Å². The Bertz CT molecular complexity index is 507. The van der Waals surface area contributed by atoms with E-state index in [1.165, 1.54) is 18.2 Å². The summed E-state index contributed by atoms with van der Waals surface area (Å²) in [6, 6.07) is 5.25. The number of hydrogen-bond acceptors (Lipinski definition) is 3. The third kappa shape index (κ3) is 9.96. The SMILES string of the molecule is O=C(O)CCCCCNCCCCCOc1ccccc1C(F)(F)F. The summed E-state index contributed by atoms with van der Waals surface area (Å²) in [5.41, 5.74) is -0.737. The van der Waals surface area contributed by atoms with Crippen molar-refractivity contribution in [1.82, 2.24) is 5.32 Å². The molecule has 0 fully saturated rings. The molecule has 1 aromatic rings. The second kappa shape index (κ2) is 11.7. The lowest BCUT2D eigenvalue weighted by Crippen LogP contribution is -2.17. The van der Waals surface area contributed by atoms with Crippen molar-refractivity contribution in [1.29, 1.82) is 0 Å². The molecule has 0 aromatic heterocycles. The van der Waals surface area contributed by atoms with Crippen molar-refractivity contribution in [2.75, 3.05) is 19.7 Å². The summed E-state index contributed by atoms with van der Waals surface area (Å²) in [6.45, 7) is 1.97. The van der Waals surface area contributed by atoms with Crippen molar-refractivity contribution in [3.63, 3.8) is 0 Å². The first-order valence-corrected chi connectivity index (χ1v) is 8.63. The molecule has 0 aliphatic heterocycles. The monoisotopic (exact) mass is 361 g/mol. The predicted octanol–water partition coefficient (Wildman–Crippen LogP) is 4.49. The number of carboxylic acid groups (broad SMARTS) is 1. The number of carboxylic acids is 1. The van der Waals surface area contributed by atoms with E-state index >= 15 is 0 Å². The normalized spacial score (nSPS) is 11.5. The summed E-state index contributed by atoms with van der Waals surface area (Å²) in [5, 5.41) is 11.8. The molecule has 0 unspecified atom stereocenters. The van der Waals surface area contributed by atoms with Crippen molar-refractivity contribution >= 4 is 5.97 Å². The lowest BCUT2D eigenvalue weighted by Gasteiger charge is -2.13. The lowest BCUT2D eigenvalue weighted by atomic mass is 10.2. The van der Waals surface area contributed by atoms with Crippen molar-refractivity contribution < 1.29 is 27.8 Å². The van der Waals surface area contributed by atoms with Gasteiger partial charge in [0.1, 0.15) is 5.75 Å². The summed E-state index contributed by atoms with van der Waals surface area (Å²) >= 11 is 0. The first-order valence-electron chi connectivity index (χ1n) is 8.63. The number of para-hydroxylation sites is 1. The predicted molar refractivity (Wildman–Crippen MR) is 89.8 cm³/mol. The number of hydrogen-bond donors (Lipinski definition) is 2. The van der Waals surface area contributed by atoms with E-state index in [1.54, 1.807) is 0 Å². The fourth-order valence-electron chi connectivity index (χ4n) is 2.37. The molecule has 0 heterocycles. The Labute approximate surface area is 146 Å². The molecule has 0 amide bonds. The average Bonchev–Trinajstić information content (AvgIpc) is 2.55. The maximum atomic E-state index is 12.8. The smallest absolute Gasteiger partial charge is 0.419 e. The highest BCUT2D eigenvalue weighted by atomic mass is 19.4. The maximum Gasteiger partial charge on any atom is 0.419 e. The summed E-state index contributed by atoms with van der Waals surface area (Å²) in [6.07, 6.45) is 0.874. The van der Waals surface area contributed by atoms with Gasteiger partial charge in [-0.15, -0.1) is 0 Å². The molecule has 0 saturated heterocycles. The summed E-state index contributed by atoms with van der Waals surface area (Å²) in [7, 11) is 0. The molecule has 0 aliphatic carbocycles. The second-order valence-electron chi connectivity index (χ2n) is 5.86. The summed E-state index contributed by atoms with van der Waals surface area (Å²) < 4.78 is 43.7. The minimum Gasteiger partial charge on any atom is -0.493 e. The number of aliphatic carboxylic acids is 1. The summed E-state index contributed by atoms with van der Waals surface area (Å²) in [4.78, 5) is 10.3. The molecule has 4 nitrogen and oxygen atoms in total. The van der Waals surface area contributed by atoms with E-state index in [0.717, 1.165) is 44.8 Å². The third-order valence-electron chi connectivity index (χ3n) is 3.69. The van der Waals surface area contributed by atoms with Crippen molar-refractivity contribution in [3.05, 3.63) is 29.8 Å². The van der Waals surface area contributed by atoms with Crippen LogP contribution in [0.3, 0.4) is 0 Å². The van der Waals surface area contributed by atoms with Gasteiger partial charge in [-0.3, -0.25) is 4.79 Å². The van der Waals surface area contributed by atoms with E-state index in [-0.39, 0.29) is 18.8 Å². The highest BCUT2D eigenvalue weighted by molar-refractivity contribution is 5.66. The molecule has 0 bridgehead atoms. The number of alkyl halides is 3. The van der Waals surface area contributed by atoms with Crippen molar-refractivity contribution in [2.24, 2.45) is 0 Å². The van der Waals surface area contributed by atoms with E-state index in [2.05, 4.69) is 5.32 Å². The maximum absolute atomic E-state index is 12.8. The van der Waals surface area contributed by atoms with Gasteiger partial charge < -0.3 is 15.2 Å². The number of rotatable bonds is 13. The van der Waals surface area contributed by atoms with Gasteiger partial charge in [0.2, 0.25) is 0 Å². The minimum absolute atomic E-state index is 0.116. The number of unbranched alkanes of at least 4 members (excludes halogenated alkanes) is 4. The van der Waals surface area contributed by atoms with Crippen LogP contribution in [0.25, 0.3) is 0 Å². The van der Waals surface area contributed by atoms with E-state index in [4.69, 9.17) is 9.84 Å². The molecular weight excluding hydrogens is 335 g/mol. The lowest BCUT2D eigenvalue weighted by molar-refractivity contribution is -0.139. The molecule has 0 saturated carbocycles. The Morgan fingerprint density at radius 3 is 2.28 bits per heavy atom. The Morgan fingerprint density at radius 2 is 1.64 bits per heavy atom. The number of benzene rings is 1. The molecule has 25 heavy (non-hydrogen) atoms. The van der Waals surface area contributed by atoms with Gasteiger partial charge in [0, 0.05) is 6.42 Å². The highest BCUT2D eigenvalue weighted by Gasteiger charge is 2.33. The number of ether oxygens (including phenoxy) is 1. The van der Waals surface area contributed by atoms with Crippen LogP contribution in [0.5, 0.6) is 5.75 Å². The Kier molecular flexibility index (Phi) is 9.99. The van der Waals surface area contributed by atoms with Crippen LogP contribution in [0.4, 0.5) is 13.2 Å². The van der Waals surface area contributed by atoms with Gasteiger partial charge in [0.05, 0.1) is 12.2 Å². The van der Waals surface area contributed by atoms with Crippen molar-refractivity contribution in [2.45, 2.75) is 51.1 Å². The summed E-state index contributed by atoms with van der Waals surface area (Å²) in [5.74, 6) is -0.873. The van der Waals surface area contributed by atoms with Gasteiger partial charge in [-0.1, -0.05) is 18.6 Å². The molecule has 0 radical (unpaired) electrons. The zero-order valence-corrected chi connectivity index (χ0v) is 14.3. The highest BCUT2D eigenvalue weighted by Crippen LogP contribution is 2.35. The molecule has 0 spiro atoms. The van der Waals surface area contributed by atoms with Gasteiger partial charge in [-0.25, -0.2) is 0 Å². The van der Waals surface area contributed by atoms with E-state index in [1.807, 2.05) is 0 Å². The zero-order chi connectivity index (χ0) is 18.5. The average molecular weight is 361 g/mol. The molecule has 7 heteroatoms. The van der Waals surface area contributed by atoms with Crippen LogP contribution in [0, 0.1) is 0 Å². The van der Waals surface area contributed by atoms with Gasteiger partial charge in [0.25, 0.3) is 0 Å². The van der Waals surface area contributed by atoms with Gasteiger partial charge >= 0.3 is 12.1 Å². The standard InChI is InChI=1S/C18H26F3NO3/c19-18(20,21)15-9-4-5-10-16(15)25-14-8-2-7-13-22-12-6-1-3-11-17(23)24/h4-5,9-10,22H,1-3,6-8,11-14H2,(H,23,24). The quantitative estimate of drug-likeness (QED) is 0.508. The molecule has 0 atom stereocenters. The molecule has 2 N–H and O–H groups in total. The zero-order valence-electron chi connectivity index (χ0n) is 14.3. The third-order valence-corrected chi connectivity index (χ3v) is 3.69. The van der Waals surface area contributed by atoms with Gasteiger partial charge in [-0.05, 0) is 57.3 Å². The van der Waals surface area contributed by atoms with E-state index in [0.29, 0.717) is 12.8 Å². The largest absolute Gasteiger partial charge is 0.493 e. The minimum atomic E-state index is -4.40. The fourth-order valence-corrected chi connectivity index (χ4v) is 2.37. The Hall–Kier alpha value is -1.76. The van der Waals surface area contributed by atoms with Crippen LogP contribution in [0.1, 0.15) is 50.5 Å². The number of halogens is 3.